The summed E-state index contributed by atoms with van der Waals surface area (Å²) in [4.78, 5) is 97.6. The molecule has 0 bridgehead atoms. The van der Waals surface area contributed by atoms with Crippen LogP contribution in [-0.2, 0) is 36.8 Å². The highest BCUT2D eigenvalue weighted by Gasteiger charge is 2.37. The predicted octanol–water partition coefficient (Wildman–Crippen LogP) is 0.272. The Morgan fingerprint density at radius 1 is 0.984 bits per heavy atom. The van der Waals surface area contributed by atoms with Gasteiger partial charge in [-0.25, -0.2) is 14.4 Å². The van der Waals surface area contributed by atoms with Crippen molar-refractivity contribution in [2.24, 2.45) is 11.7 Å². The summed E-state index contributed by atoms with van der Waals surface area (Å²) < 4.78 is 6.69. The van der Waals surface area contributed by atoms with E-state index in [0.717, 1.165) is 33.9 Å². The Morgan fingerprint density at radius 2 is 1.70 bits per heavy atom. The highest BCUT2D eigenvalue weighted by atomic mass is 16.5. The molecule has 1 saturated heterocycles. The number of nitrogens with one attached hydrogen (secondary N) is 6. The van der Waals surface area contributed by atoms with Gasteiger partial charge in [0.1, 0.15) is 35.7 Å². The number of aliphatic hydroxyl groups excluding tert-OH is 1. The predicted molar refractivity (Wildman–Crippen MR) is 221 cm³/mol. The number of nitrogens with two attached hydrogens (primary N) is 1. The van der Waals surface area contributed by atoms with Crippen LogP contribution in [0, 0.1) is 5.92 Å². The lowest BCUT2D eigenvalue weighted by atomic mass is 10.0. The van der Waals surface area contributed by atoms with Crippen molar-refractivity contribution in [3.05, 3.63) is 111 Å². The summed E-state index contributed by atoms with van der Waals surface area (Å²) in [7, 11) is 1.39. The van der Waals surface area contributed by atoms with Gasteiger partial charge in [-0.05, 0) is 55.0 Å². The standard InChI is InChI=1S/C41H51N9O11/c1-21(2)14-30(45-40(59)46-31(39(57)58)17-24-19-43-29-11-6-5-10-27(24)29)35(54)48-34(22(3)49(4)37(56)28(42)16-23-8-7-9-25(51)15-23)36(55)44-20-26-18-32(52)38(61-26)50-13-12-33(53)47-41(50)60/h5-13,15,19-22,28,30-32,34,38,43,51-52H,14,16-18,42H2,1-4H3,(H,44,55)(H,48,54)(H,57,58)(H2,45,46,59)(H,47,53,60)/b26-20-/t22?,28-,30-,31?,32+,34-,38+/m0/s1. The number of aromatic nitrogens is 3. The molecule has 0 radical (unpaired) electrons. The smallest absolute Gasteiger partial charge is 0.331 e. The Balaban J connectivity index is 1.35. The molecule has 61 heavy (non-hydrogen) atoms. The number of aliphatic hydroxyl groups is 1. The molecule has 1 aliphatic rings. The molecule has 20 nitrogen and oxygen atoms in total. The highest BCUT2D eigenvalue weighted by Crippen LogP contribution is 2.30. The number of phenols is 1. The normalized spacial score (nSPS) is 18.0. The van der Waals surface area contributed by atoms with Gasteiger partial charge in [0.15, 0.2) is 0 Å². The lowest BCUT2D eigenvalue weighted by molar-refractivity contribution is -0.139. The second-order valence-electron chi connectivity index (χ2n) is 15.3. The quantitative estimate of drug-likeness (QED) is 0.0686. The number of carboxylic acid groups (broad SMARTS) is 1. The van der Waals surface area contributed by atoms with E-state index in [-0.39, 0.29) is 43.1 Å². The molecule has 7 atom stereocenters. The van der Waals surface area contributed by atoms with E-state index in [9.17, 15) is 48.9 Å². The topological polar surface area (TPSA) is 303 Å². The lowest BCUT2D eigenvalue weighted by Crippen LogP contribution is -2.62. The first kappa shape index (κ1) is 45.2. The zero-order chi connectivity index (χ0) is 44.5. The van der Waals surface area contributed by atoms with Crippen molar-refractivity contribution in [3.8, 4) is 5.75 Å². The number of nitrogens with zero attached hydrogens (tertiary/aromatic N) is 2. The number of para-hydroxylation sites is 1. The number of amides is 5. The van der Waals surface area contributed by atoms with Gasteiger partial charge >= 0.3 is 17.7 Å². The largest absolute Gasteiger partial charge is 0.508 e. The number of hydrogen-bond donors (Lipinski definition) is 10. The molecule has 4 aromatic rings. The summed E-state index contributed by atoms with van der Waals surface area (Å²) in [5.74, 6) is -3.76. The zero-order valence-corrected chi connectivity index (χ0v) is 34.0. The van der Waals surface area contributed by atoms with Crippen molar-refractivity contribution < 1.29 is 44.0 Å². The molecule has 1 aliphatic heterocycles. The second kappa shape index (κ2) is 19.9. The SMILES string of the molecule is CC(C)C[C@H](NC(=O)NC(Cc1c[nH]c2ccccc12)C(=O)O)C(=O)N[C@H](C(=O)N/C=C1/C[C@@H](O)[C@H](n2ccc(=O)[nH]c2=O)O1)C(C)N(C)C(=O)[C@@H](N)Cc1cccc(O)c1. The van der Waals surface area contributed by atoms with Crippen molar-refractivity contribution in [2.75, 3.05) is 7.05 Å². The van der Waals surface area contributed by atoms with Crippen LogP contribution >= 0.6 is 0 Å². The van der Waals surface area contributed by atoms with Gasteiger partial charge in [-0.1, -0.05) is 44.2 Å². The summed E-state index contributed by atoms with van der Waals surface area (Å²) in [6.07, 6.45) is 1.31. The summed E-state index contributed by atoms with van der Waals surface area (Å²) >= 11 is 0. The van der Waals surface area contributed by atoms with Gasteiger partial charge in [0, 0.05) is 55.5 Å². The number of carbonyl (C=O) groups is 5. The van der Waals surface area contributed by atoms with Crippen LogP contribution in [-0.4, -0.2) is 108 Å². The summed E-state index contributed by atoms with van der Waals surface area (Å²) in [6.45, 7) is 5.08. The van der Waals surface area contributed by atoms with Crippen molar-refractivity contribution in [1.29, 1.82) is 0 Å². The van der Waals surface area contributed by atoms with E-state index >= 15 is 0 Å². The van der Waals surface area contributed by atoms with Crippen LogP contribution in [0.1, 0.15) is 51.0 Å². The minimum Gasteiger partial charge on any atom is -0.508 e. The number of hydrogen-bond acceptors (Lipinski definition) is 11. The van der Waals surface area contributed by atoms with E-state index in [1.54, 1.807) is 38.2 Å². The molecule has 5 rings (SSSR count). The zero-order valence-electron chi connectivity index (χ0n) is 34.0. The number of carbonyl (C=O) groups excluding carboxylic acids is 4. The second-order valence-corrected chi connectivity index (χ2v) is 15.3. The van der Waals surface area contributed by atoms with Crippen LogP contribution < -0.4 is 38.2 Å². The molecule has 11 N–H and O–H groups in total. The van der Waals surface area contributed by atoms with E-state index in [1.165, 1.54) is 31.0 Å². The number of benzene rings is 2. The molecule has 2 aromatic carbocycles. The molecule has 0 aliphatic carbocycles. The van der Waals surface area contributed by atoms with Crippen molar-refractivity contribution in [3.63, 3.8) is 0 Å². The highest BCUT2D eigenvalue weighted by molar-refractivity contribution is 5.94. The van der Waals surface area contributed by atoms with Crippen LogP contribution in [0.3, 0.4) is 0 Å². The number of aromatic amines is 2. The summed E-state index contributed by atoms with van der Waals surface area (Å²) in [6, 6.07) is 7.21. The molecule has 2 unspecified atom stereocenters. The maximum Gasteiger partial charge on any atom is 0.331 e. The third kappa shape index (κ3) is 11.6. The number of fused-ring (bicyclic) bond motifs is 1. The fraction of sp³-hybridized carbons (Fsp3) is 0.390. The molecule has 5 amide bonds. The van der Waals surface area contributed by atoms with Gasteiger partial charge in [-0.15, -0.1) is 0 Å². The first-order valence-electron chi connectivity index (χ1n) is 19.5. The molecule has 0 saturated carbocycles. The van der Waals surface area contributed by atoms with E-state index < -0.39 is 83.5 Å². The Labute approximate surface area is 349 Å². The van der Waals surface area contributed by atoms with E-state index in [1.807, 2.05) is 18.2 Å². The Kier molecular flexibility index (Phi) is 14.7. The van der Waals surface area contributed by atoms with Crippen LogP contribution in [0.25, 0.3) is 10.9 Å². The number of phenolic OH excluding ortho intramolecular Hbond substituents is 1. The maximum absolute atomic E-state index is 14.1. The van der Waals surface area contributed by atoms with Gasteiger partial charge in [0.25, 0.3) is 5.56 Å². The van der Waals surface area contributed by atoms with Gasteiger partial charge in [0.05, 0.1) is 12.1 Å². The molecular weight excluding hydrogens is 795 g/mol. The number of H-pyrrole nitrogens is 2. The minimum absolute atomic E-state index is 0.0192. The van der Waals surface area contributed by atoms with E-state index in [2.05, 4.69) is 31.2 Å². The van der Waals surface area contributed by atoms with Gasteiger partial charge < -0.3 is 56.9 Å². The van der Waals surface area contributed by atoms with Crippen molar-refractivity contribution >= 4 is 40.6 Å². The average Bonchev–Trinajstić information content (AvgIpc) is 3.79. The molecule has 3 heterocycles. The number of rotatable bonds is 17. The van der Waals surface area contributed by atoms with Gasteiger partial charge in [-0.2, -0.15) is 0 Å². The minimum atomic E-state index is -1.51. The molecule has 0 spiro atoms. The third-order valence-corrected chi connectivity index (χ3v) is 10.2. The summed E-state index contributed by atoms with van der Waals surface area (Å²) in [5.41, 5.74) is 6.81. The molecule has 326 valence electrons. The van der Waals surface area contributed by atoms with Crippen molar-refractivity contribution in [1.82, 2.24) is 40.7 Å². The maximum atomic E-state index is 14.1. The molecular formula is C41H51N9O11. The number of ether oxygens (including phenoxy) is 1. The van der Waals surface area contributed by atoms with Crippen LogP contribution in [0.4, 0.5) is 4.79 Å². The monoisotopic (exact) mass is 845 g/mol. The fourth-order valence-electron chi connectivity index (χ4n) is 6.94. The lowest BCUT2D eigenvalue weighted by Gasteiger charge is -2.34. The Morgan fingerprint density at radius 3 is 2.39 bits per heavy atom. The fourth-order valence-corrected chi connectivity index (χ4v) is 6.94. The third-order valence-electron chi connectivity index (χ3n) is 10.2. The molecule has 2 aromatic heterocycles. The average molecular weight is 846 g/mol. The van der Waals surface area contributed by atoms with Crippen LogP contribution in [0.5, 0.6) is 5.75 Å². The molecule has 1 fully saturated rings. The number of urea groups is 1. The Bertz CT molecular complexity index is 2390. The first-order chi connectivity index (χ1) is 28.9. The van der Waals surface area contributed by atoms with Gasteiger partial charge in [0.2, 0.25) is 23.9 Å². The van der Waals surface area contributed by atoms with Gasteiger partial charge in [-0.3, -0.25) is 28.7 Å². The number of carboxylic acids is 1. The van der Waals surface area contributed by atoms with E-state index in [4.69, 9.17) is 10.5 Å². The summed E-state index contributed by atoms with van der Waals surface area (Å²) in [5, 5.41) is 41.5. The van der Waals surface area contributed by atoms with Crippen molar-refractivity contribution in [2.45, 2.75) is 89.0 Å². The number of likely N-dealkylation sites (N-methyl/N-ethyl adjacent to an activating group) is 1. The number of aliphatic carboxylic acids is 1. The number of aromatic hydroxyl groups is 1. The molecule has 20 heteroatoms. The first-order valence-corrected chi connectivity index (χ1v) is 19.5. The van der Waals surface area contributed by atoms with E-state index in [0.29, 0.717) is 11.1 Å². The van der Waals surface area contributed by atoms with Crippen LogP contribution in [0.2, 0.25) is 0 Å². The van der Waals surface area contributed by atoms with Crippen LogP contribution in [0.15, 0.2) is 88.5 Å². The Hall–Kier alpha value is -6.93.